The van der Waals surface area contributed by atoms with E-state index in [1.807, 2.05) is 18.2 Å². The highest BCUT2D eigenvalue weighted by molar-refractivity contribution is 5.71. The topological polar surface area (TPSA) is 59.0 Å². The van der Waals surface area contributed by atoms with Crippen molar-refractivity contribution >= 4 is 11.7 Å². The summed E-state index contributed by atoms with van der Waals surface area (Å²) in [6.45, 7) is 1.54. The van der Waals surface area contributed by atoms with Gasteiger partial charge in [-0.2, -0.15) is 0 Å². The van der Waals surface area contributed by atoms with Crippen molar-refractivity contribution in [1.82, 2.24) is 0 Å². The Hall–Kier alpha value is -1.75. The van der Waals surface area contributed by atoms with Gasteiger partial charge in [0.25, 0.3) is 0 Å². The third-order valence-electron chi connectivity index (χ3n) is 3.02. The van der Waals surface area contributed by atoms with Crippen LogP contribution in [0.3, 0.4) is 0 Å². The van der Waals surface area contributed by atoms with Gasteiger partial charge in [-0.1, -0.05) is 6.07 Å². The molecule has 0 fully saturated rings. The summed E-state index contributed by atoms with van der Waals surface area (Å²) in [4.78, 5) is 13.2. The summed E-state index contributed by atoms with van der Waals surface area (Å²) in [5.74, 6) is 0.330. The molecule has 1 aromatic carbocycles. The normalized spacial score (nSPS) is 13.3. The molecule has 1 aliphatic rings. The van der Waals surface area contributed by atoms with E-state index >= 15 is 0 Å². The molecule has 18 heavy (non-hydrogen) atoms. The SMILES string of the molecule is COC(=O)COc1cccc2c1CCN2CCO. The first-order valence-electron chi connectivity index (χ1n) is 5.93. The van der Waals surface area contributed by atoms with E-state index in [1.54, 1.807) is 0 Å². The van der Waals surface area contributed by atoms with E-state index in [9.17, 15) is 4.79 Å². The molecule has 0 radical (unpaired) electrons. The van der Waals surface area contributed by atoms with Crippen molar-refractivity contribution in [3.63, 3.8) is 0 Å². The Balaban J connectivity index is 2.12. The second-order valence-electron chi connectivity index (χ2n) is 4.08. The van der Waals surface area contributed by atoms with Crippen molar-refractivity contribution in [2.45, 2.75) is 6.42 Å². The van der Waals surface area contributed by atoms with Crippen molar-refractivity contribution in [1.29, 1.82) is 0 Å². The van der Waals surface area contributed by atoms with Crippen molar-refractivity contribution in [2.24, 2.45) is 0 Å². The highest BCUT2D eigenvalue weighted by Crippen LogP contribution is 2.34. The number of carbonyl (C=O) groups is 1. The molecule has 5 heteroatoms. The zero-order valence-electron chi connectivity index (χ0n) is 10.4. The van der Waals surface area contributed by atoms with Crippen molar-refractivity contribution in [3.05, 3.63) is 23.8 Å². The fourth-order valence-corrected chi connectivity index (χ4v) is 2.15. The smallest absolute Gasteiger partial charge is 0.343 e. The number of aliphatic hydroxyl groups is 1. The number of nitrogens with zero attached hydrogens (tertiary/aromatic N) is 1. The van der Waals surface area contributed by atoms with Crippen LogP contribution in [0.25, 0.3) is 0 Å². The van der Waals surface area contributed by atoms with E-state index in [2.05, 4.69) is 9.64 Å². The van der Waals surface area contributed by atoms with Crippen LogP contribution in [-0.2, 0) is 16.0 Å². The molecular formula is C13H17NO4. The van der Waals surface area contributed by atoms with Gasteiger partial charge in [0.05, 0.1) is 13.7 Å². The van der Waals surface area contributed by atoms with E-state index in [-0.39, 0.29) is 13.2 Å². The molecule has 1 aliphatic heterocycles. The number of aliphatic hydroxyl groups excluding tert-OH is 1. The summed E-state index contributed by atoms with van der Waals surface area (Å²) in [7, 11) is 1.34. The zero-order valence-corrected chi connectivity index (χ0v) is 10.4. The summed E-state index contributed by atoms with van der Waals surface area (Å²) in [6.07, 6.45) is 0.868. The first-order chi connectivity index (χ1) is 8.76. The minimum atomic E-state index is -0.391. The van der Waals surface area contributed by atoms with E-state index in [0.29, 0.717) is 6.54 Å². The molecule has 1 heterocycles. The minimum absolute atomic E-state index is 0.0764. The van der Waals surface area contributed by atoms with Gasteiger partial charge in [-0.25, -0.2) is 4.79 Å². The monoisotopic (exact) mass is 251 g/mol. The molecule has 0 unspecified atom stereocenters. The predicted octanol–water partition coefficient (Wildman–Crippen LogP) is 0.593. The number of esters is 1. The molecule has 0 aliphatic carbocycles. The molecule has 5 nitrogen and oxygen atoms in total. The maximum Gasteiger partial charge on any atom is 0.343 e. The summed E-state index contributed by atoms with van der Waals surface area (Å²) < 4.78 is 10.0. The third-order valence-corrected chi connectivity index (χ3v) is 3.02. The van der Waals surface area contributed by atoms with Crippen LogP contribution in [0, 0.1) is 0 Å². The van der Waals surface area contributed by atoms with Crippen LogP contribution in [0.2, 0.25) is 0 Å². The Morgan fingerprint density at radius 3 is 3.06 bits per heavy atom. The number of anilines is 1. The lowest BCUT2D eigenvalue weighted by Gasteiger charge is -2.18. The van der Waals surface area contributed by atoms with Crippen molar-refractivity contribution in [2.75, 3.05) is 38.3 Å². The quantitative estimate of drug-likeness (QED) is 0.776. The number of rotatable bonds is 5. The number of methoxy groups -OCH3 is 1. The Morgan fingerprint density at radius 1 is 1.50 bits per heavy atom. The maximum absolute atomic E-state index is 11.1. The van der Waals surface area contributed by atoms with Gasteiger partial charge in [0, 0.05) is 24.3 Å². The number of benzene rings is 1. The fraction of sp³-hybridized carbons (Fsp3) is 0.462. The Kier molecular flexibility index (Phi) is 4.04. The maximum atomic E-state index is 11.1. The second kappa shape index (κ2) is 5.73. The van der Waals surface area contributed by atoms with Gasteiger partial charge in [0.1, 0.15) is 5.75 Å². The van der Waals surface area contributed by atoms with Crippen LogP contribution in [0.1, 0.15) is 5.56 Å². The van der Waals surface area contributed by atoms with Crippen LogP contribution >= 0.6 is 0 Å². The molecule has 0 bridgehead atoms. The average Bonchev–Trinajstić information content (AvgIpc) is 2.80. The molecule has 0 saturated heterocycles. The van der Waals surface area contributed by atoms with Crippen molar-refractivity contribution in [3.8, 4) is 5.75 Å². The lowest BCUT2D eigenvalue weighted by atomic mass is 10.1. The predicted molar refractivity (Wildman–Crippen MR) is 67.0 cm³/mol. The highest BCUT2D eigenvalue weighted by Gasteiger charge is 2.22. The lowest BCUT2D eigenvalue weighted by Crippen LogP contribution is -2.23. The lowest BCUT2D eigenvalue weighted by molar-refractivity contribution is -0.142. The number of fused-ring (bicyclic) bond motifs is 1. The highest BCUT2D eigenvalue weighted by atomic mass is 16.6. The standard InChI is InChI=1S/C13H17NO4/c1-17-13(16)9-18-12-4-2-3-11-10(12)5-6-14(11)7-8-15/h2-4,15H,5-9H2,1H3. The Morgan fingerprint density at radius 2 is 2.33 bits per heavy atom. The number of ether oxygens (including phenoxy) is 2. The fourth-order valence-electron chi connectivity index (χ4n) is 2.15. The number of hydrogen-bond donors (Lipinski definition) is 1. The molecular weight excluding hydrogens is 234 g/mol. The molecule has 98 valence electrons. The Bertz CT molecular complexity index is 433. The molecule has 0 spiro atoms. The van der Waals surface area contributed by atoms with Crippen LogP contribution in [0.15, 0.2) is 18.2 Å². The largest absolute Gasteiger partial charge is 0.482 e. The summed E-state index contributed by atoms with van der Waals surface area (Å²) in [6, 6.07) is 5.74. The number of β-amino-alcohol motifs (C(OH)–C–C–N with tert-alkyl or cyclic N) is 1. The van der Waals surface area contributed by atoms with E-state index in [4.69, 9.17) is 9.84 Å². The van der Waals surface area contributed by atoms with E-state index in [1.165, 1.54) is 7.11 Å². The molecule has 0 aromatic heterocycles. The summed E-state index contributed by atoms with van der Waals surface area (Å²) in [5.41, 5.74) is 2.17. The van der Waals surface area contributed by atoms with Gasteiger partial charge in [0.15, 0.2) is 6.61 Å². The number of hydrogen-bond acceptors (Lipinski definition) is 5. The number of carbonyl (C=O) groups excluding carboxylic acids is 1. The molecule has 1 aromatic rings. The first-order valence-corrected chi connectivity index (χ1v) is 5.93. The average molecular weight is 251 g/mol. The summed E-state index contributed by atoms with van der Waals surface area (Å²) in [5, 5.41) is 9.00. The molecule has 1 N–H and O–H groups in total. The van der Waals surface area contributed by atoms with Gasteiger partial charge in [-0.05, 0) is 18.6 Å². The Labute approximate surface area is 106 Å². The van der Waals surface area contributed by atoms with E-state index < -0.39 is 5.97 Å². The van der Waals surface area contributed by atoms with Crippen LogP contribution < -0.4 is 9.64 Å². The molecule has 0 saturated carbocycles. The van der Waals surface area contributed by atoms with Gasteiger partial charge < -0.3 is 19.5 Å². The third kappa shape index (κ3) is 2.56. The van der Waals surface area contributed by atoms with Crippen LogP contribution in [-0.4, -0.2) is 44.5 Å². The van der Waals surface area contributed by atoms with Gasteiger partial charge in [0.2, 0.25) is 0 Å². The second-order valence-corrected chi connectivity index (χ2v) is 4.08. The van der Waals surface area contributed by atoms with Gasteiger partial charge >= 0.3 is 5.97 Å². The van der Waals surface area contributed by atoms with Crippen LogP contribution in [0.5, 0.6) is 5.75 Å². The van der Waals surface area contributed by atoms with Gasteiger partial charge in [-0.15, -0.1) is 0 Å². The first kappa shape index (κ1) is 12.7. The molecule has 2 rings (SSSR count). The van der Waals surface area contributed by atoms with Crippen molar-refractivity contribution < 1.29 is 19.4 Å². The van der Waals surface area contributed by atoms with Crippen LogP contribution in [0.4, 0.5) is 5.69 Å². The summed E-state index contributed by atoms with van der Waals surface area (Å²) >= 11 is 0. The zero-order chi connectivity index (χ0) is 13.0. The molecule has 0 amide bonds. The van der Waals surface area contributed by atoms with Gasteiger partial charge in [-0.3, -0.25) is 0 Å². The van der Waals surface area contributed by atoms with E-state index in [0.717, 1.165) is 30.0 Å². The molecule has 0 atom stereocenters. The minimum Gasteiger partial charge on any atom is -0.482 e.